The first-order valence-corrected chi connectivity index (χ1v) is 1.78. The normalized spacial score (nSPS) is 29.8. The Kier molecular flexibility index (Phi) is 0.665. The van der Waals surface area contributed by atoms with E-state index in [1.807, 2.05) is 0 Å². The van der Waals surface area contributed by atoms with Gasteiger partial charge >= 0.3 is 0 Å². The largest absolute Gasteiger partial charge is 0.365 e. The second-order valence-electron chi connectivity index (χ2n) is 1.29. The Bertz CT molecular complexity index is 73.6. The zero-order chi connectivity index (χ0) is 4.57. The topological polar surface area (TPSA) is 29.6 Å². The van der Waals surface area contributed by atoms with Crippen LogP contribution in [-0.4, -0.2) is 18.5 Å². The van der Waals surface area contributed by atoms with Gasteiger partial charge in [-0.2, -0.15) is 0 Å². The zero-order valence-electron chi connectivity index (χ0n) is 3.31. The van der Waals surface area contributed by atoms with Crippen molar-refractivity contribution in [2.24, 2.45) is 0 Å². The zero-order valence-corrected chi connectivity index (χ0v) is 3.31. The highest BCUT2D eigenvalue weighted by Crippen LogP contribution is 2.07. The molecule has 0 spiro atoms. The van der Waals surface area contributed by atoms with E-state index in [0.717, 1.165) is 0 Å². The number of Topliss-reactive ketones (excluding diaryl/α,β-unsaturated/α-hetero) is 1. The summed E-state index contributed by atoms with van der Waals surface area (Å²) in [5.74, 6) is -0.102. The van der Waals surface area contributed by atoms with Crippen LogP contribution in [0.4, 0.5) is 0 Å². The number of rotatable bonds is 1. The van der Waals surface area contributed by atoms with Gasteiger partial charge in [-0.3, -0.25) is 4.79 Å². The molecule has 1 saturated heterocycles. The Hall–Kier alpha value is -0.370. The van der Waals surface area contributed by atoms with E-state index < -0.39 is 0 Å². The highest BCUT2D eigenvalue weighted by molar-refractivity contribution is 5.88. The summed E-state index contributed by atoms with van der Waals surface area (Å²) in [4.78, 5) is 9.97. The molecule has 1 unspecified atom stereocenters. The van der Waals surface area contributed by atoms with Gasteiger partial charge in [-0.1, -0.05) is 0 Å². The van der Waals surface area contributed by atoms with Gasteiger partial charge in [0.2, 0.25) is 0 Å². The van der Waals surface area contributed by atoms with Crippen molar-refractivity contribution in [1.82, 2.24) is 0 Å². The molecule has 33 valence electrons. The molecule has 0 aromatic heterocycles. The van der Waals surface area contributed by atoms with Gasteiger partial charge in [0.15, 0.2) is 5.78 Å². The number of carbonyl (C=O) groups excluding carboxylic acids is 1. The fourth-order valence-electron chi connectivity index (χ4n) is 0.234. The lowest BCUT2D eigenvalue weighted by molar-refractivity contribution is -0.115. The molecule has 0 aromatic carbocycles. The molecule has 0 amide bonds. The van der Waals surface area contributed by atoms with E-state index in [4.69, 9.17) is 0 Å². The molecule has 1 atom stereocenters. The first kappa shape index (κ1) is 3.81. The standard InChI is InChI=1S/C4H5O2/c1-3(5)4-2-6-4/h4H,1-2H2. The maximum Gasteiger partial charge on any atom is 0.164 e. The third-order valence-electron chi connectivity index (χ3n) is 0.692. The van der Waals surface area contributed by atoms with Gasteiger partial charge in [0, 0.05) is 6.92 Å². The number of hydrogen-bond acceptors (Lipinski definition) is 2. The van der Waals surface area contributed by atoms with Crippen molar-refractivity contribution in [2.45, 2.75) is 6.10 Å². The van der Waals surface area contributed by atoms with Crippen molar-refractivity contribution in [2.75, 3.05) is 6.61 Å². The third-order valence-corrected chi connectivity index (χ3v) is 0.692. The van der Waals surface area contributed by atoms with Crippen LogP contribution in [0.5, 0.6) is 0 Å². The van der Waals surface area contributed by atoms with Crippen LogP contribution in [-0.2, 0) is 9.53 Å². The maximum absolute atomic E-state index is 9.97. The Morgan fingerprint density at radius 1 is 2.00 bits per heavy atom. The quantitative estimate of drug-likeness (QED) is 0.412. The van der Waals surface area contributed by atoms with E-state index >= 15 is 0 Å². The lowest BCUT2D eigenvalue weighted by atomic mass is 10.3. The van der Waals surface area contributed by atoms with Crippen LogP contribution >= 0.6 is 0 Å². The van der Waals surface area contributed by atoms with E-state index in [1.165, 1.54) is 0 Å². The second-order valence-corrected chi connectivity index (χ2v) is 1.29. The average molecular weight is 85.1 g/mol. The van der Waals surface area contributed by atoms with Crippen molar-refractivity contribution in [3.8, 4) is 0 Å². The molecule has 1 aliphatic heterocycles. The molecule has 0 aliphatic carbocycles. The highest BCUT2D eigenvalue weighted by atomic mass is 16.6. The number of hydrogen-bond donors (Lipinski definition) is 0. The summed E-state index contributed by atoms with van der Waals surface area (Å²) >= 11 is 0. The van der Waals surface area contributed by atoms with Crippen molar-refractivity contribution in [1.29, 1.82) is 0 Å². The average Bonchev–Trinajstić information content (AvgIpc) is 2.06. The van der Waals surface area contributed by atoms with Crippen molar-refractivity contribution in [3.05, 3.63) is 6.92 Å². The van der Waals surface area contributed by atoms with Crippen LogP contribution in [0.25, 0.3) is 0 Å². The van der Waals surface area contributed by atoms with E-state index in [0.29, 0.717) is 6.61 Å². The van der Waals surface area contributed by atoms with Gasteiger partial charge < -0.3 is 4.74 Å². The van der Waals surface area contributed by atoms with Crippen LogP contribution in [0.3, 0.4) is 0 Å². The predicted molar refractivity (Wildman–Crippen MR) is 20.1 cm³/mol. The Balaban J connectivity index is 2.31. The summed E-state index contributed by atoms with van der Waals surface area (Å²) in [5.41, 5.74) is 0. The summed E-state index contributed by atoms with van der Waals surface area (Å²) in [6, 6.07) is 0. The third kappa shape index (κ3) is 0.571. The van der Waals surface area contributed by atoms with Crippen molar-refractivity contribution < 1.29 is 9.53 Å². The maximum atomic E-state index is 9.97. The van der Waals surface area contributed by atoms with E-state index in [1.54, 1.807) is 0 Å². The molecule has 2 nitrogen and oxygen atoms in total. The predicted octanol–water partition coefficient (Wildman–Crippen LogP) is -0.212. The smallest absolute Gasteiger partial charge is 0.164 e. The molecule has 0 aromatic rings. The molecular formula is C4H5O2. The van der Waals surface area contributed by atoms with Gasteiger partial charge in [0.1, 0.15) is 6.10 Å². The van der Waals surface area contributed by atoms with Gasteiger partial charge in [-0.15, -0.1) is 0 Å². The van der Waals surface area contributed by atoms with Gasteiger partial charge in [-0.05, 0) is 0 Å². The lowest BCUT2D eigenvalue weighted by Gasteiger charge is -1.72. The molecule has 1 heterocycles. The van der Waals surface area contributed by atoms with Gasteiger partial charge in [0.05, 0.1) is 6.61 Å². The molecule has 0 saturated carbocycles. The number of ether oxygens (including phenoxy) is 1. The molecule has 1 radical (unpaired) electrons. The summed E-state index contributed by atoms with van der Waals surface area (Å²) in [7, 11) is 0. The molecule has 1 aliphatic rings. The van der Waals surface area contributed by atoms with Crippen LogP contribution in [0.15, 0.2) is 0 Å². The molecule has 1 rings (SSSR count). The Labute approximate surface area is 36.1 Å². The second kappa shape index (κ2) is 1.05. The van der Waals surface area contributed by atoms with E-state index in [9.17, 15) is 4.79 Å². The van der Waals surface area contributed by atoms with Crippen molar-refractivity contribution in [3.63, 3.8) is 0 Å². The van der Waals surface area contributed by atoms with Crippen LogP contribution in [0.2, 0.25) is 0 Å². The van der Waals surface area contributed by atoms with Gasteiger partial charge in [-0.25, -0.2) is 0 Å². The summed E-state index contributed by atoms with van der Waals surface area (Å²) in [6.45, 7) is 3.72. The molecular weight excluding hydrogens is 80.0 g/mol. The summed E-state index contributed by atoms with van der Waals surface area (Å²) in [5, 5.41) is 0. The number of ketones is 1. The van der Waals surface area contributed by atoms with E-state index in [2.05, 4.69) is 11.7 Å². The van der Waals surface area contributed by atoms with Crippen LogP contribution in [0, 0.1) is 6.92 Å². The first-order valence-electron chi connectivity index (χ1n) is 1.78. The summed E-state index contributed by atoms with van der Waals surface area (Å²) in [6.07, 6.45) is -0.148. The lowest BCUT2D eigenvalue weighted by Crippen LogP contribution is -1.98. The SMILES string of the molecule is [CH2]C(=O)C1CO1. The van der Waals surface area contributed by atoms with Crippen LogP contribution < -0.4 is 0 Å². The highest BCUT2D eigenvalue weighted by Gasteiger charge is 2.26. The monoisotopic (exact) mass is 85.0 g/mol. The number of epoxide rings is 1. The molecule has 2 heteroatoms. The molecule has 1 fully saturated rings. The molecule has 6 heavy (non-hydrogen) atoms. The molecule has 0 N–H and O–H groups in total. The van der Waals surface area contributed by atoms with Crippen molar-refractivity contribution >= 4 is 5.78 Å². The van der Waals surface area contributed by atoms with Crippen LogP contribution in [0.1, 0.15) is 0 Å². The Morgan fingerprint density at radius 3 is 2.50 bits per heavy atom. The minimum absolute atomic E-state index is 0.102. The van der Waals surface area contributed by atoms with E-state index in [-0.39, 0.29) is 11.9 Å². The fourth-order valence-corrected chi connectivity index (χ4v) is 0.234. The molecule has 0 bridgehead atoms. The fraction of sp³-hybridized carbons (Fsp3) is 0.500. The minimum Gasteiger partial charge on any atom is -0.365 e. The summed E-state index contributed by atoms with van der Waals surface area (Å²) < 4.78 is 4.56. The van der Waals surface area contributed by atoms with Gasteiger partial charge in [0.25, 0.3) is 0 Å². The first-order chi connectivity index (χ1) is 2.80. The minimum atomic E-state index is -0.148. The number of carbonyl (C=O) groups is 1. The Morgan fingerprint density at radius 2 is 2.50 bits per heavy atom.